The molecule has 1 aliphatic carbocycles. The molecule has 1 saturated carbocycles. The molecule has 0 aromatic carbocycles. The summed E-state index contributed by atoms with van der Waals surface area (Å²) in [6, 6.07) is 0.784. The third kappa shape index (κ3) is 5.50. The maximum Gasteiger partial charge on any atom is 0.222 e. The molecule has 1 amide bonds. The number of amides is 1. The first-order chi connectivity index (χ1) is 8.19. The summed E-state index contributed by atoms with van der Waals surface area (Å²) in [4.78, 5) is 14.2. The highest BCUT2D eigenvalue weighted by atomic mass is 16.1. The van der Waals surface area contributed by atoms with Gasteiger partial charge >= 0.3 is 0 Å². The molecule has 100 valence electrons. The Kier molecular flexibility index (Phi) is 6.52. The molecule has 0 bridgehead atoms. The van der Waals surface area contributed by atoms with E-state index in [1.165, 1.54) is 12.8 Å². The quantitative estimate of drug-likeness (QED) is 0.632. The molecule has 0 spiro atoms. The van der Waals surface area contributed by atoms with Crippen molar-refractivity contribution in [3.8, 4) is 0 Å². The second-order valence-electron chi connectivity index (χ2n) is 4.98. The van der Waals surface area contributed by atoms with Gasteiger partial charge in [0.25, 0.3) is 0 Å². The molecule has 3 N–H and O–H groups in total. The van der Waals surface area contributed by atoms with E-state index in [1.54, 1.807) is 0 Å². The van der Waals surface area contributed by atoms with Crippen LogP contribution in [0.1, 0.15) is 39.5 Å². The number of hydrogen-bond acceptors (Lipinski definition) is 3. The van der Waals surface area contributed by atoms with Crippen LogP contribution in [0.3, 0.4) is 0 Å². The van der Waals surface area contributed by atoms with Crippen LogP contribution in [0.5, 0.6) is 0 Å². The van der Waals surface area contributed by atoms with E-state index in [4.69, 9.17) is 5.73 Å². The van der Waals surface area contributed by atoms with Crippen LogP contribution in [-0.2, 0) is 4.79 Å². The van der Waals surface area contributed by atoms with Gasteiger partial charge in [0.2, 0.25) is 5.91 Å². The summed E-state index contributed by atoms with van der Waals surface area (Å²) >= 11 is 0. The highest BCUT2D eigenvalue weighted by molar-refractivity contribution is 5.78. The minimum atomic E-state index is 0.0922. The van der Waals surface area contributed by atoms with Crippen LogP contribution in [0.2, 0.25) is 0 Å². The Bertz CT molecular complexity index is 229. The maximum atomic E-state index is 11.7. The molecule has 17 heavy (non-hydrogen) atoms. The molecule has 0 aromatic heterocycles. The smallest absolute Gasteiger partial charge is 0.222 e. The van der Waals surface area contributed by atoms with E-state index in [0.29, 0.717) is 6.54 Å². The monoisotopic (exact) mass is 241 g/mol. The van der Waals surface area contributed by atoms with Crippen LogP contribution < -0.4 is 11.1 Å². The predicted molar refractivity (Wildman–Crippen MR) is 70.7 cm³/mol. The molecule has 0 aliphatic heterocycles. The van der Waals surface area contributed by atoms with Gasteiger partial charge in [0.15, 0.2) is 0 Å². The second kappa shape index (κ2) is 7.67. The summed E-state index contributed by atoms with van der Waals surface area (Å²) in [5.74, 6) is 0.264. The lowest BCUT2D eigenvalue weighted by atomic mass is 10.1. The molecule has 1 atom stereocenters. The summed E-state index contributed by atoms with van der Waals surface area (Å²) in [6.45, 7) is 7.67. The van der Waals surface area contributed by atoms with Crippen molar-refractivity contribution < 1.29 is 4.79 Å². The highest BCUT2D eigenvalue weighted by Gasteiger charge is 2.27. The Morgan fingerprint density at radius 3 is 2.76 bits per heavy atom. The fourth-order valence-corrected chi connectivity index (χ4v) is 2.09. The first-order valence-corrected chi connectivity index (χ1v) is 6.90. The lowest BCUT2D eigenvalue weighted by Gasteiger charge is -2.20. The van der Waals surface area contributed by atoms with E-state index in [-0.39, 0.29) is 11.8 Å². The predicted octanol–water partition coefficient (Wildman–Crippen LogP) is 0.962. The minimum Gasteiger partial charge on any atom is -0.355 e. The normalized spacial score (nSPS) is 17.2. The van der Waals surface area contributed by atoms with Gasteiger partial charge < -0.3 is 11.1 Å². The molecular weight excluding hydrogens is 214 g/mol. The van der Waals surface area contributed by atoms with Gasteiger partial charge in [-0.3, -0.25) is 9.69 Å². The van der Waals surface area contributed by atoms with Crippen molar-refractivity contribution in [1.29, 1.82) is 0 Å². The van der Waals surface area contributed by atoms with Crippen molar-refractivity contribution in [3.05, 3.63) is 0 Å². The Balaban J connectivity index is 2.09. The van der Waals surface area contributed by atoms with E-state index in [1.807, 2.05) is 6.92 Å². The number of rotatable bonds is 9. The van der Waals surface area contributed by atoms with Crippen molar-refractivity contribution in [3.63, 3.8) is 0 Å². The molecule has 4 heteroatoms. The first kappa shape index (κ1) is 14.5. The van der Waals surface area contributed by atoms with Crippen molar-refractivity contribution in [2.75, 3.05) is 26.2 Å². The van der Waals surface area contributed by atoms with E-state index in [2.05, 4.69) is 17.1 Å². The van der Waals surface area contributed by atoms with E-state index in [9.17, 15) is 4.79 Å². The van der Waals surface area contributed by atoms with Crippen LogP contribution in [-0.4, -0.2) is 43.0 Å². The van der Waals surface area contributed by atoms with Gasteiger partial charge in [-0.05, 0) is 38.8 Å². The number of nitrogens with one attached hydrogen (secondary N) is 1. The molecule has 0 saturated heterocycles. The van der Waals surface area contributed by atoms with Gasteiger partial charge in [0, 0.05) is 25.0 Å². The van der Waals surface area contributed by atoms with Crippen LogP contribution in [0, 0.1) is 5.92 Å². The Hall–Kier alpha value is -0.610. The molecule has 1 aliphatic rings. The summed E-state index contributed by atoms with van der Waals surface area (Å²) < 4.78 is 0. The molecule has 0 radical (unpaired) electrons. The van der Waals surface area contributed by atoms with Crippen molar-refractivity contribution in [2.24, 2.45) is 11.7 Å². The van der Waals surface area contributed by atoms with Crippen LogP contribution in [0.15, 0.2) is 0 Å². The second-order valence-corrected chi connectivity index (χ2v) is 4.98. The largest absolute Gasteiger partial charge is 0.355 e. The number of hydrogen-bond donors (Lipinski definition) is 2. The SMILES string of the molecule is CCN(CCNC(=O)C(C)CCCN)C1CC1. The standard InChI is InChI=1S/C13H27N3O/c1-3-16(12-6-7-12)10-9-15-13(17)11(2)5-4-8-14/h11-12H,3-10,14H2,1-2H3,(H,15,17). The summed E-state index contributed by atoms with van der Waals surface area (Å²) in [6.07, 6.45) is 4.48. The van der Waals surface area contributed by atoms with Gasteiger partial charge in [-0.15, -0.1) is 0 Å². The number of nitrogens with two attached hydrogens (primary N) is 1. The fraction of sp³-hybridized carbons (Fsp3) is 0.923. The lowest BCUT2D eigenvalue weighted by molar-refractivity contribution is -0.124. The molecule has 4 nitrogen and oxygen atoms in total. The Labute approximate surface area is 105 Å². The molecular formula is C13H27N3O. The zero-order valence-electron chi connectivity index (χ0n) is 11.2. The third-order valence-corrected chi connectivity index (χ3v) is 3.46. The van der Waals surface area contributed by atoms with Gasteiger partial charge in [-0.25, -0.2) is 0 Å². The minimum absolute atomic E-state index is 0.0922. The van der Waals surface area contributed by atoms with Gasteiger partial charge in [-0.1, -0.05) is 13.8 Å². The van der Waals surface area contributed by atoms with E-state index < -0.39 is 0 Å². The fourth-order valence-electron chi connectivity index (χ4n) is 2.09. The van der Waals surface area contributed by atoms with Crippen LogP contribution in [0.4, 0.5) is 0 Å². The van der Waals surface area contributed by atoms with Crippen LogP contribution >= 0.6 is 0 Å². The Morgan fingerprint density at radius 2 is 2.24 bits per heavy atom. The molecule has 1 rings (SSSR count). The average molecular weight is 241 g/mol. The Morgan fingerprint density at radius 1 is 1.53 bits per heavy atom. The molecule has 1 fully saturated rings. The van der Waals surface area contributed by atoms with Crippen molar-refractivity contribution in [1.82, 2.24) is 10.2 Å². The molecule has 1 unspecified atom stereocenters. The van der Waals surface area contributed by atoms with Crippen molar-refractivity contribution in [2.45, 2.75) is 45.6 Å². The number of carbonyl (C=O) groups excluding carboxylic acids is 1. The third-order valence-electron chi connectivity index (χ3n) is 3.46. The number of carbonyl (C=O) groups is 1. The number of likely N-dealkylation sites (N-methyl/N-ethyl adjacent to an activating group) is 1. The van der Waals surface area contributed by atoms with E-state index in [0.717, 1.165) is 38.5 Å². The van der Waals surface area contributed by atoms with Crippen molar-refractivity contribution >= 4 is 5.91 Å². The van der Waals surface area contributed by atoms with E-state index >= 15 is 0 Å². The summed E-state index contributed by atoms with van der Waals surface area (Å²) in [7, 11) is 0. The topological polar surface area (TPSA) is 58.4 Å². The lowest BCUT2D eigenvalue weighted by Crippen LogP contribution is -2.38. The molecule has 0 aromatic rings. The van der Waals surface area contributed by atoms with Crippen LogP contribution in [0.25, 0.3) is 0 Å². The van der Waals surface area contributed by atoms with Gasteiger partial charge in [0.05, 0.1) is 0 Å². The van der Waals surface area contributed by atoms with Gasteiger partial charge in [0.1, 0.15) is 0 Å². The summed E-state index contributed by atoms with van der Waals surface area (Å²) in [5, 5.41) is 3.02. The zero-order valence-corrected chi connectivity index (χ0v) is 11.2. The summed E-state index contributed by atoms with van der Waals surface area (Å²) in [5.41, 5.74) is 5.44. The number of nitrogens with zero attached hydrogens (tertiary/aromatic N) is 1. The molecule has 0 heterocycles. The van der Waals surface area contributed by atoms with Gasteiger partial charge in [-0.2, -0.15) is 0 Å². The highest BCUT2D eigenvalue weighted by Crippen LogP contribution is 2.25. The maximum absolute atomic E-state index is 11.7. The average Bonchev–Trinajstić information content (AvgIpc) is 3.15. The zero-order chi connectivity index (χ0) is 12.7. The first-order valence-electron chi connectivity index (χ1n) is 6.90.